The summed E-state index contributed by atoms with van der Waals surface area (Å²) in [7, 11) is 0. The lowest BCUT2D eigenvalue weighted by molar-refractivity contribution is -0.122. The summed E-state index contributed by atoms with van der Waals surface area (Å²) >= 11 is 0. The molecule has 0 heterocycles. The minimum Gasteiger partial charge on any atom is -0.369 e. The molecule has 1 aliphatic carbocycles. The third-order valence-corrected chi connectivity index (χ3v) is 4.79. The molecule has 1 amide bonds. The number of hydrogen-bond acceptors (Lipinski definition) is 2. The molecule has 1 unspecified atom stereocenters. The van der Waals surface area contributed by atoms with E-state index in [1.54, 1.807) is 0 Å². The molecule has 21 heavy (non-hydrogen) atoms. The Labute approximate surface area is 128 Å². The molecular weight excluding hydrogens is 260 g/mol. The summed E-state index contributed by atoms with van der Waals surface area (Å²) < 4.78 is 0. The second-order valence-corrected chi connectivity index (χ2v) is 6.62. The molecule has 1 aromatic carbocycles. The van der Waals surface area contributed by atoms with Crippen molar-refractivity contribution >= 4 is 5.91 Å². The highest BCUT2D eigenvalue weighted by molar-refractivity contribution is 5.76. The van der Waals surface area contributed by atoms with Gasteiger partial charge in [0.15, 0.2) is 0 Å². The Bertz CT molecular complexity index is 436. The number of carbonyl (C=O) groups is 1. The van der Waals surface area contributed by atoms with E-state index in [1.807, 2.05) is 0 Å². The topological polar surface area (TPSA) is 55.1 Å². The first kappa shape index (κ1) is 16.0. The zero-order valence-corrected chi connectivity index (χ0v) is 13.2. The van der Waals surface area contributed by atoms with Crippen LogP contribution >= 0.6 is 0 Å². The van der Waals surface area contributed by atoms with Gasteiger partial charge in [-0.3, -0.25) is 4.79 Å². The van der Waals surface area contributed by atoms with Crippen molar-refractivity contribution < 1.29 is 4.79 Å². The van der Waals surface area contributed by atoms with E-state index >= 15 is 0 Å². The molecule has 2 rings (SSSR count). The van der Waals surface area contributed by atoms with E-state index in [2.05, 4.69) is 49.5 Å². The summed E-state index contributed by atoms with van der Waals surface area (Å²) in [5.74, 6) is 1.12. The van der Waals surface area contributed by atoms with Crippen molar-refractivity contribution in [3.8, 4) is 0 Å². The summed E-state index contributed by atoms with van der Waals surface area (Å²) in [6.07, 6.45) is 4.00. The lowest BCUT2D eigenvalue weighted by atomic mass is 9.84. The molecule has 3 nitrogen and oxygen atoms in total. The van der Waals surface area contributed by atoms with Gasteiger partial charge in [0.1, 0.15) is 0 Å². The van der Waals surface area contributed by atoms with Crippen molar-refractivity contribution in [1.29, 1.82) is 0 Å². The highest BCUT2D eigenvalue weighted by Gasteiger charge is 2.25. The molecule has 116 valence electrons. The summed E-state index contributed by atoms with van der Waals surface area (Å²) in [6, 6.07) is 11.3. The van der Waals surface area contributed by atoms with Crippen molar-refractivity contribution in [2.45, 2.75) is 51.5 Å². The van der Waals surface area contributed by atoms with Crippen LogP contribution in [-0.2, 0) is 4.79 Å². The SMILES string of the molecule is CC(C)C(CNC1CCC(C(N)=O)CC1)c1ccccc1. The van der Waals surface area contributed by atoms with Gasteiger partial charge in [-0.25, -0.2) is 0 Å². The maximum atomic E-state index is 11.2. The minimum absolute atomic E-state index is 0.0954. The quantitative estimate of drug-likeness (QED) is 0.845. The normalized spacial score (nSPS) is 24.0. The van der Waals surface area contributed by atoms with Crippen LogP contribution in [0.1, 0.15) is 51.0 Å². The second kappa shape index (κ2) is 7.60. The van der Waals surface area contributed by atoms with E-state index in [9.17, 15) is 4.79 Å². The van der Waals surface area contributed by atoms with Gasteiger partial charge in [0.2, 0.25) is 5.91 Å². The predicted molar refractivity (Wildman–Crippen MR) is 87.0 cm³/mol. The third kappa shape index (κ3) is 4.57. The largest absolute Gasteiger partial charge is 0.369 e. The molecule has 1 aromatic rings. The Kier molecular flexibility index (Phi) is 5.80. The third-order valence-electron chi connectivity index (χ3n) is 4.79. The zero-order valence-electron chi connectivity index (χ0n) is 13.2. The van der Waals surface area contributed by atoms with Crippen molar-refractivity contribution in [1.82, 2.24) is 5.32 Å². The monoisotopic (exact) mass is 288 g/mol. The van der Waals surface area contributed by atoms with Gasteiger partial charge in [-0.15, -0.1) is 0 Å². The summed E-state index contributed by atoms with van der Waals surface area (Å²) in [5.41, 5.74) is 6.80. The number of amides is 1. The number of rotatable bonds is 6. The Morgan fingerprint density at radius 2 is 1.81 bits per heavy atom. The molecule has 0 aromatic heterocycles. The maximum Gasteiger partial charge on any atom is 0.220 e. The van der Waals surface area contributed by atoms with Crippen molar-refractivity contribution in [3.05, 3.63) is 35.9 Å². The molecule has 3 N–H and O–H groups in total. The van der Waals surface area contributed by atoms with Gasteiger partial charge >= 0.3 is 0 Å². The fourth-order valence-electron chi connectivity index (χ4n) is 3.31. The van der Waals surface area contributed by atoms with Crippen molar-refractivity contribution in [2.75, 3.05) is 6.54 Å². The number of primary amides is 1. The van der Waals surface area contributed by atoms with Crippen LogP contribution in [0.15, 0.2) is 30.3 Å². The first-order chi connectivity index (χ1) is 10.1. The Morgan fingerprint density at radius 1 is 1.19 bits per heavy atom. The van der Waals surface area contributed by atoms with Crippen LogP contribution in [0.2, 0.25) is 0 Å². The number of nitrogens with one attached hydrogen (secondary N) is 1. The second-order valence-electron chi connectivity index (χ2n) is 6.62. The van der Waals surface area contributed by atoms with Gasteiger partial charge in [-0.05, 0) is 43.1 Å². The standard InChI is InChI=1S/C18H28N2O/c1-13(2)17(14-6-4-3-5-7-14)12-20-16-10-8-15(9-11-16)18(19)21/h3-7,13,15-17,20H,8-12H2,1-2H3,(H2,19,21). The van der Waals surface area contributed by atoms with Crippen LogP contribution in [0.5, 0.6) is 0 Å². The minimum atomic E-state index is -0.127. The van der Waals surface area contributed by atoms with E-state index in [4.69, 9.17) is 5.73 Å². The number of carbonyl (C=O) groups excluding carboxylic acids is 1. The predicted octanol–water partition coefficient (Wildman–Crippen LogP) is 3.06. The van der Waals surface area contributed by atoms with Gasteiger partial charge in [0.05, 0.1) is 0 Å². The van der Waals surface area contributed by atoms with E-state index < -0.39 is 0 Å². The average Bonchev–Trinajstić information content (AvgIpc) is 2.48. The fourth-order valence-corrected chi connectivity index (χ4v) is 3.31. The van der Waals surface area contributed by atoms with E-state index in [0.29, 0.717) is 17.9 Å². The molecule has 0 saturated heterocycles. The molecule has 0 spiro atoms. The van der Waals surface area contributed by atoms with Gasteiger partial charge in [0, 0.05) is 18.5 Å². The molecule has 0 bridgehead atoms. The molecule has 1 atom stereocenters. The van der Waals surface area contributed by atoms with E-state index in [0.717, 1.165) is 32.2 Å². The number of nitrogens with two attached hydrogens (primary N) is 1. The van der Waals surface area contributed by atoms with Gasteiger partial charge < -0.3 is 11.1 Å². The molecule has 0 radical (unpaired) electrons. The highest BCUT2D eigenvalue weighted by Crippen LogP contribution is 2.27. The average molecular weight is 288 g/mol. The summed E-state index contributed by atoms with van der Waals surface area (Å²) in [6.45, 7) is 5.57. The smallest absolute Gasteiger partial charge is 0.220 e. The summed E-state index contributed by atoms with van der Waals surface area (Å²) in [4.78, 5) is 11.2. The lowest BCUT2D eigenvalue weighted by Gasteiger charge is -2.30. The van der Waals surface area contributed by atoms with Gasteiger partial charge in [-0.2, -0.15) is 0 Å². The maximum absolute atomic E-state index is 11.2. The fraction of sp³-hybridized carbons (Fsp3) is 0.611. The molecule has 1 fully saturated rings. The van der Waals surface area contributed by atoms with Gasteiger partial charge in [-0.1, -0.05) is 44.2 Å². The molecule has 3 heteroatoms. The Morgan fingerprint density at radius 3 is 2.33 bits per heavy atom. The van der Waals surface area contributed by atoms with Crippen LogP contribution < -0.4 is 11.1 Å². The van der Waals surface area contributed by atoms with Crippen LogP contribution in [0.3, 0.4) is 0 Å². The van der Waals surface area contributed by atoms with Crippen molar-refractivity contribution in [2.24, 2.45) is 17.6 Å². The van der Waals surface area contributed by atoms with Gasteiger partial charge in [0.25, 0.3) is 0 Å². The number of benzene rings is 1. The van der Waals surface area contributed by atoms with E-state index in [-0.39, 0.29) is 11.8 Å². The van der Waals surface area contributed by atoms with Crippen LogP contribution in [0, 0.1) is 11.8 Å². The van der Waals surface area contributed by atoms with Crippen LogP contribution in [-0.4, -0.2) is 18.5 Å². The Balaban J connectivity index is 1.85. The van der Waals surface area contributed by atoms with E-state index in [1.165, 1.54) is 5.56 Å². The van der Waals surface area contributed by atoms with Crippen LogP contribution in [0.4, 0.5) is 0 Å². The summed E-state index contributed by atoms with van der Waals surface area (Å²) in [5, 5.41) is 3.71. The number of hydrogen-bond donors (Lipinski definition) is 2. The first-order valence-electron chi connectivity index (χ1n) is 8.15. The first-order valence-corrected chi connectivity index (χ1v) is 8.15. The molecule has 0 aliphatic heterocycles. The highest BCUT2D eigenvalue weighted by atomic mass is 16.1. The zero-order chi connectivity index (χ0) is 15.2. The lowest BCUT2D eigenvalue weighted by Crippen LogP contribution is -2.39. The molecule has 1 aliphatic rings. The molecular formula is C18H28N2O. The van der Waals surface area contributed by atoms with Crippen LogP contribution in [0.25, 0.3) is 0 Å². The van der Waals surface area contributed by atoms with Crippen molar-refractivity contribution in [3.63, 3.8) is 0 Å². The Hall–Kier alpha value is -1.35. The molecule has 1 saturated carbocycles.